The summed E-state index contributed by atoms with van der Waals surface area (Å²) in [6.07, 6.45) is -8.69. The standard InChI is InChI=1S/C44H61NO11Si/c1-28(2)44(4,5)57(7,8)52-27-34-37(36(47)35(45-29(3)46)42(48-6)53-34)55-43-40(50-25-31-20-14-10-15-21-31)39(49-24-30-18-12-9-13-19-30)38-33(54-43)26-51-41(56-38)32-22-16-11-17-23-32/h9-23,28,33-43,47H,24-27H2,1-8H3,(H,45,46)/t33-,34-,35-,36-,37-,38+,39+,40-,41+,42-,43-/m1/s1. The highest BCUT2D eigenvalue weighted by Crippen LogP contribution is 2.45. The summed E-state index contributed by atoms with van der Waals surface area (Å²) in [6.45, 7) is 15.4. The first kappa shape index (κ1) is 43.5. The zero-order chi connectivity index (χ0) is 40.7. The van der Waals surface area contributed by atoms with E-state index in [9.17, 15) is 9.90 Å². The molecule has 0 bridgehead atoms. The molecule has 3 saturated heterocycles. The van der Waals surface area contributed by atoms with Crippen LogP contribution < -0.4 is 5.32 Å². The molecular formula is C44H61NO11Si. The van der Waals surface area contributed by atoms with Crippen LogP contribution in [0.5, 0.6) is 0 Å². The molecule has 0 saturated carbocycles. The summed E-state index contributed by atoms with van der Waals surface area (Å²) >= 11 is 0. The molecule has 0 radical (unpaired) electrons. The van der Waals surface area contributed by atoms with Crippen LogP contribution in [0.4, 0.5) is 0 Å². The van der Waals surface area contributed by atoms with E-state index in [0.29, 0.717) is 5.92 Å². The van der Waals surface area contributed by atoms with Crippen LogP contribution >= 0.6 is 0 Å². The SMILES string of the molecule is CO[C@@H]1O[C@H](CO[Si](C)(C)C(C)(C)C(C)C)[C@@H](O[C@H]2O[C@@H]3CO[C@H](c4ccccc4)O[C@@H]3[C@H](OCc3ccccc3)[C@H]2OCc2ccccc2)[C@H](O)[C@H]1NC(C)=O. The first-order chi connectivity index (χ1) is 27.3. The van der Waals surface area contributed by atoms with Crippen LogP contribution in [-0.2, 0) is 60.3 Å². The molecule has 0 unspecified atom stereocenters. The summed E-state index contributed by atoms with van der Waals surface area (Å²) in [6, 6.07) is 28.5. The Morgan fingerprint density at radius 1 is 0.842 bits per heavy atom. The molecule has 0 aliphatic carbocycles. The summed E-state index contributed by atoms with van der Waals surface area (Å²) in [4.78, 5) is 12.4. The van der Waals surface area contributed by atoms with Gasteiger partial charge in [-0.15, -0.1) is 0 Å². The van der Waals surface area contributed by atoms with Gasteiger partial charge in [-0.3, -0.25) is 4.79 Å². The quantitative estimate of drug-likeness (QED) is 0.159. The number of amides is 1. The minimum absolute atomic E-state index is 0.0875. The lowest BCUT2D eigenvalue weighted by Gasteiger charge is -2.51. The van der Waals surface area contributed by atoms with Crippen LogP contribution in [0.15, 0.2) is 91.0 Å². The van der Waals surface area contributed by atoms with Gasteiger partial charge in [0.05, 0.1) is 26.4 Å². The molecule has 3 aliphatic heterocycles. The van der Waals surface area contributed by atoms with Crippen LogP contribution in [0, 0.1) is 5.92 Å². The number of ether oxygens (including phenoxy) is 8. The van der Waals surface area contributed by atoms with Crippen LogP contribution in [-0.4, -0.2) is 101 Å². The lowest BCUT2D eigenvalue weighted by molar-refractivity contribution is -0.389. The lowest BCUT2D eigenvalue weighted by atomic mass is 9.94. The Hall–Kier alpha value is -3.05. The number of carbonyl (C=O) groups is 1. The maximum Gasteiger partial charge on any atom is 0.217 e. The third kappa shape index (κ3) is 10.4. The molecule has 2 N–H and O–H groups in total. The Morgan fingerprint density at radius 3 is 1.98 bits per heavy atom. The number of rotatable bonds is 16. The van der Waals surface area contributed by atoms with E-state index in [2.05, 4.69) is 46.1 Å². The van der Waals surface area contributed by atoms with Crippen molar-refractivity contribution >= 4 is 14.2 Å². The molecule has 11 atom stereocenters. The Balaban J connectivity index is 1.35. The fourth-order valence-corrected chi connectivity index (χ4v) is 9.82. The van der Waals surface area contributed by atoms with Gasteiger partial charge < -0.3 is 52.7 Å². The van der Waals surface area contributed by atoms with Crippen molar-refractivity contribution in [1.29, 1.82) is 0 Å². The number of nitrogens with one attached hydrogen (secondary N) is 1. The molecule has 312 valence electrons. The second-order valence-corrected chi connectivity index (χ2v) is 21.1. The van der Waals surface area contributed by atoms with Gasteiger partial charge in [0, 0.05) is 19.6 Å². The average molecular weight is 808 g/mol. The molecule has 13 heteroatoms. The maximum absolute atomic E-state index is 12.4. The first-order valence-electron chi connectivity index (χ1n) is 20.0. The van der Waals surface area contributed by atoms with E-state index in [-0.39, 0.29) is 37.4 Å². The number of carbonyl (C=O) groups excluding carboxylic acids is 1. The Kier molecular flexibility index (Phi) is 14.8. The van der Waals surface area contributed by atoms with Gasteiger partial charge in [0.15, 0.2) is 27.2 Å². The van der Waals surface area contributed by atoms with Gasteiger partial charge in [0.2, 0.25) is 5.91 Å². The van der Waals surface area contributed by atoms with E-state index in [0.717, 1.165) is 16.7 Å². The summed E-state index contributed by atoms with van der Waals surface area (Å²) in [5.41, 5.74) is 2.78. The largest absolute Gasteiger partial charge is 0.414 e. The molecule has 0 spiro atoms. The minimum atomic E-state index is -2.37. The zero-order valence-corrected chi connectivity index (χ0v) is 35.4. The molecule has 3 fully saturated rings. The number of hydrogen-bond acceptors (Lipinski definition) is 11. The molecule has 12 nitrogen and oxygen atoms in total. The third-order valence-electron chi connectivity index (χ3n) is 12.1. The number of aliphatic hydroxyl groups is 1. The van der Waals surface area contributed by atoms with E-state index in [1.54, 1.807) is 0 Å². The Bertz CT molecular complexity index is 1680. The van der Waals surface area contributed by atoms with Gasteiger partial charge in [-0.1, -0.05) is 119 Å². The van der Waals surface area contributed by atoms with E-state index in [1.807, 2.05) is 91.0 Å². The maximum atomic E-state index is 12.4. The highest BCUT2D eigenvalue weighted by molar-refractivity contribution is 6.74. The Morgan fingerprint density at radius 2 is 1.42 bits per heavy atom. The van der Waals surface area contributed by atoms with Gasteiger partial charge in [0.25, 0.3) is 0 Å². The molecule has 3 aromatic rings. The summed E-state index contributed by atoms with van der Waals surface area (Å²) in [7, 11) is -0.893. The predicted molar refractivity (Wildman–Crippen MR) is 215 cm³/mol. The van der Waals surface area contributed by atoms with Gasteiger partial charge in [-0.05, 0) is 35.2 Å². The smallest absolute Gasteiger partial charge is 0.217 e. The number of methoxy groups -OCH3 is 1. The van der Waals surface area contributed by atoms with Gasteiger partial charge in [0.1, 0.15) is 48.8 Å². The number of fused-ring (bicyclic) bond motifs is 1. The number of aliphatic hydroxyl groups excluding tert-OH is 1. The zero-order valence-electron chi connectivity index (χ0n) is 34.4. The number of benzene rings is 3. The normalized spacial score (nSPS) is 30.8. The second kappa shape index (κ2) is 19.3. The second-order valence-electron chi connectivity index (χ2n) is 16.5. The van der Waals surface area contributed by atoms with E-state index >= 15 is 0 Å². The highest BCUT2D eigenvalue weighted by Gasteiger charge is 2.55. The number of hydrogen-bond donors (Lipinski definition) is 2. The van der Waals surface area contributed by atoms with Crippen molar-refractivity contribution in [2.24, 2.45) is 5.92 Å². The van der Waals surface area contributed by atoms with Crippen LogP contribution in [0.2, 0.25) is 18.1 Å². The van der Waals surface area contributed by atoms with Crippen molar-refractivity contribution < 1.29 is 52.2 Å². The molecule has 1 amide bonds. The molecule has 3 aromatic carbocycles. The van der Waals surface area contributed by atoms with Crippen molar-refractivity contribution in [2.75, 3.05) is 20.3 Å². The van der Waals surface area contributed by atoms with Crippen molar-refractivity contribution in [1.82, 2.24) is 5.32 Å². The summed E-state index contributed by atoms with van der Waals surface area (Å²) < 4.78 is 59.2. The van der Waals surface area contributed by atoms with Crippen molar-refractivity contribution in [2.45, 2.75) is 134 Å². The monoisotopic (exact) mass is 807 g/mol. The first-order valence-corrected chi connectivity index (χ1v) is 22.9. The predicted octanol–water partition coefficient (Wildman–Crippen LogP) is 6.28. The van der Waals surface area contributed by atoms with E-state index < -0.39 is 76.0 Å². The summed E-state index contributed by atoms with van der Waals surface area (Å²) in [5, 5.41) is 14.9. The average Bonchev–Trinajstić information content (AvgIpc) is 3.21. The molecule has 3 heterocycles. The lowest BCUT2D eigenvalue weighted by Crippen LogP contribution is -2.68. The fourth-order valence-electron chi connectivity index (χ4n) is 7.47. The van der Waals surface area contributed by atoms with Crippen molar-refractivity contribution in [3.05, 3.63) is 108 Å². The minimum Gasteiger partial charge on any atom is -0.414 e. The van der Waals surface area contributed by atoms with Gasteiger partial charge in [-0.2, -0.15) is 0 Å². The Labute approximate surface area is 338 Å². The third-order valence-corrected chi connectivity index (χ3v) is 16.7. The van der Waals surface area contributed by atoms with Crippen LogP contribution in [0.25, 0.3) is 0 Å². The summed E-state index contributed by atoms with van der Waals surface area (Å²) in [5.74, 6) is 0.00495. The van der Waals surface area contributed by atoms with Crippen molar-refractivity contribution in [3.8, 4) is 0 Å². The fraction of sp³-hybridized carbons (Fsp3) is 0.568. The van der Waals surface area contributed by atoms with Crippen molar-refractivity contribution in [3.63, 3.8) is 0 Å². The van der Waals surface area contributed by atoms with Crippen LogP contribution in [0.1, 0.15) is 57.6 Å². The molecular weight excluding hydrogens is 747 g/mol. The van der Waals surface area contributed by atoms with Gasteiger partial charge >= 0.3 is 0 Å². The van der Waals surface area contributed by atoms with E-state index in [4.69, 9.17) is 42.3 Å². The highest BCUT2D eigenvalue weighted by atomic mass is 28.4. The van der Waals surface area contributed by atoms with Crippen LogP contribution in [0.3, 0.4) is 0 Å². The van der Waals surface area contributed by atoms with E-state index in [1.165, 1.54) is 14.0 Å². The molecule has 0 aromatic heterocycles. The molecule has 3 aliphatic rings. The van der Waals surface area contributed by atoms with Gasteiger partial charge in [-0.25, -0.2) is 0 Å². The molecule has 57 heavy (non-hydrogen) atoms. The molecule has 6 rings (SSSR count). The topological polar surface area (TPSA) is 132 Å².